The molecule has 0 saturated carbocycles. The molecule has 5 aliphatic heterocycles. The number of aryl methyl sites for hydroxylation is 4. The number of hydrogen-bond acceptors (Lipinski definition) is 33. The number of nitrogens with two attached hydrogens (primary N) is 4. The predicted molar refractivity (Wildman–Crippen MR) is 490 cm³/mol. The van der Waals surface area contributed by atoms with Gasteiger partial charge in [0.2, 0.25) is 27.2 Å². The summed E-state index contributed by atoms with van der Waals surface area (Å²) in [5.74, 6) is 7.88. The maximum atomic E-state index is 12.1. The van der Waals surface area contributed by atoms with Gasteiger partial charge in [0.25, 0.3) is 5.91 Å². The molecule has 119 heavy (non-hydrogen) atoms. The van der Waals surface area contributed by atoms with Gasteiger partial charge in [-0.2, -0.15) is 0 Å². The monoisotopic (exact) mass is 2150 g/mol. The van der Waals surface area contributed by atoms with Crippen molar-refractivity contribution in [1.82, 2.24) is 98.9 Å². The van der Waals surface area contributed by atoms with Crippen molar-refractivity contribution in [3.05, 3.63) is 88.1 Å². The zero-order valence-electron chi connectivity index (χ0n) is 66.4. The molecule has 0 unspecified atom stereocenters. The highest BCUT2D eigenvalue weighted by atomic mass is 131. The summed E-state index contributed by atoms with van der Waals surface area (Å²) in [6.07, 6.45) is 10.6. The average molecular weight is 2150 g/mol. The van der Waals surface area contributed by atoms with E-state index in [1.807, 2.05) is 48.5 Å². The lowest BCUT2D eigenvalue weighted by Gasteiger charge is -2.32. The number of imidazole rings is 4. The minimum absolute atomic E-state index is 0.0871. The Labute approximate surface area is 757 Å². The molecular formula is C77H90I4N24O10S4. The van der Waals surface area contributed by atoms with Crippen molar-refractivity contribution in [2.45, 2.75) is 184 Å². The standard InChI is InChI=1S/C22H25IN6O4S.C19H23IN6O2S.2C18H21IN6O2S/c1-12(30)21(31)28-5-2-13(3-6-28)4-7-29-20-18(19(24)25-10-26-20)27-22(29)34-17-9-16-15(8-14(17)23)32-11-33-16;1-19(2,3)24-5-4-6-26-17-15(16(21)22-9-23-17)25-18(26)29-14-8-13-12(7-11(14)20)27-10-28-13;2*1-10(2)21-4-3-5-25-17-15(16(20)22-8-23-17)24-18(25)28-14-7-13-12(6-11(14)19)26-9-27-13/h8-10,12-13,30H,2-7,11H2,1H3,(H2,24,25,26);7-9,24H,4-6,10H2,1-3H3,(H2,21,22,23);2*6-8,10,21H,3-5,9H2,1-2H3,(H2,20,22,23)/t12-;;;/m0.../s1/i23+4;20-3;19+4;19-3. The highest BCUT2D eigenvalue weighted by molar-refractivity contribution is 14.1. The fourth-order valence-electron chi connectivity index (χ4n) is 13.1. The molecule has 630 valence electrons. The van der Waals surface area contributed by atoms with Crippen LogP contribution < -0.4 is 76.8 Å². The van der Waals surface area contributed by atoms with Crippen LogP contribution in [0.25, 0.3) is 44.7 Å². The van der Waals surface area contributed by atoms with Crippen molar-refractivity contribution in [1.29, 1.82) is 0 Å². The van der Waals surface area contributed by atoms with E-state index < -0.39 is 6.10 Å². The van der Waals surface area contributed by atoms with Crippen LogP contribution in [0.1, 0.15) is 93.9 Å². The smallest absolute Gasteiger partial charge is 0.251 e. The first kappa shape index (κ1) is 87.6. The average Bonchev–Trinajstić information content (AvgIpc) is 1.64. The van der Waals surface area contributed by atoms with Crippen LogP contribution in [0, 0.1) is 20.2 Å². The van der Waals surface area contributed by atoms with Crippen molar-refractivity contribution in [2.75, 3.05) is 82.8 Å². The second-order valence-electron chi connectivity index (χ2n) is 29.5. The molecule has 1 fully saturated rings. The third-order valence-electron chi connectivity index (χ3n) is 19.1. The number of nitrogens with one attached hydrogen (secondary N) is 3. The topological polar surface area (TPSA) is 429 Å². The molecule has 1 amide bonds. The van der Waals surface area contributed by atoms with Crippen LogP contribution >= 0.6 is 137 Å². The largest absolute Gasteiger partial charge is 0.454 e. The number of amides is 1. The summed E-state index contributed by atoms with van der Waals surface area (Å²) >= 11 is 15.5. The molecule has 34 nitrogen and oxygen atoms in total. The third kappa shape index (κ3) is 21.5. The van der Waals surface area contributed by atoms with Crippen LogP contribution in [0.15, 0.2) is 114 Å². The molecule has 8 aromatic heterocycles. The summed E-state index contributed by atoms with van der Waals surface area (Å²) in [5.41, 5.74) is 29.8. The van der Waals surface area contributed by atoms with Crippen LogP contribution in [-0.4, -0.2) is 178 Å². The van der Waals surface area contributed by atoms with Gasteiger partial charge in [0, 0.05) is 90.8 Å². The third-order valence-corrected chi connectivity index (χ3v) is 28.3. The van der Waals surface area contributed by atoms with Gasteiger partial charge in [-0.3, -0.25) is 4.79 Å². The van der Waals surface area contributed by atoms with Crippen LogP contribution in [0.2, 0.25) is 0 Å². The molecule has 12 aromatic rings. The normalized spacial score (nSPS) is 14.2. The molecule has 12 N–H and O–H groups in total. The van der Waals surface area contributed by atoms with Crippen LogP contribution in [0.5, 0.6) is 46.0 Å². The van der Waals surface area contributed by atoms with E-state index >= 15 is 0 Å². The highest BCUT2D eigenvalue weighted by Gasteiger charge is 2.30. The number of benzene rings is 4. The lowest BCUT2D eigenvalue weighted by Crippen LogP contribution is -2.43. The summed E-state index contributed by atoms with van der Waals surface area (Å²) in [7, 11) is 0. The Morgan fingerprint density at radius 3 is 1.10 bits per heavy atom. The number of carbonyl (C=O) groups excluding carboxylic acids is 1. The first-order valence-corrected chi connectivity index (χ1v) is 46.0. The number of likely N-dealkylation sites (tertiary alicyclic amines) is 1. The lowest BCUT2D eigenvalue weighted by atomic mass is 9.93. The van der Waals surface area contributed by atoms with Gasteiger partial charge in [0.15, 0.2) is 135 Å². The van der Waals surface area contributed by atoms with Gasteiger partial charge in [-0.15, -0.1) is 0 Å². The molecule has 4 aromatic carbocycles. The maximum absolute atomic E-state index is 12.1. The van der Waals surface area contributed by atoms with Crippen molar-refractivity contribution in [3.63, 3.8) is 0 Å². The first-order chi connectivity index (χ1) is 57.3. The second kappa shape index (κ2) is 39.7. The van der Waals surface area contributed by atoms with Gasteiger partial charge in [0.05, 0.1) is 0 Å². The van der Waals surface area contributed by atoms with Gasteiger partial charge in [-0.25, -0.2) is 59.8 Å². The molecule has 1 saturated heterocycles. The van der Waals surface area contributed by atoms with E-state index in [-0.39, 0.29) is 38.6 Å². The number of nitrogen functional groups attached to an aromatic ring is 4. The van der Waals surface area contributed by atoms with Gasteiger partial charge >= 0.3 is 0 Å². The number of aliphatic hydroxyl groups is 1. The molecule has 1 atom stereocenters. The van der Waals surface area contributed by atoms with Crippen molar-refractivity contribution in [2.24, 2.45) is 5.92 Å². The molecule has 0 bridgehead atoms. The number of aromatic nitrogens is 16. The molecule has 13 heterocycles. The minimum Gasteiger partial charge on any atom is -0.454 e. The maximum Gasteiger partial charge on any atom is 0.251 e. The van der Waals surface area contributed by atoms with Crippen LogP contribution in [0.3, 0.4) is 0 Å². The fourth-order valence-corrected chi connectivity index (χ4v) is 20.0. The van der Waals surface area contributed by atoms with Crippen molar-refractivity contribution >= 4 is 211 Å². The molecular weight excluding hydrogens is 2060 g/mol. The number of rotatable bonds is 26. The number of ether oxygens (including phenoxy) is 8. The van der Waals surface area contributed by atoms with Crippen LogP contribution in [0.4, 0.5) is 23.3 Å². The van der Waals surface area contributed by atoms with Gasteiger partial charge in [-0.05, 0) is 231 Å². The van der Waals surface area contributed by atoms with E-state index in [1.165, 1.54) is 32.2 Å². The number of halogens is 4. The van der Waals surface area contributed by atoms with E-state index in [0.717, 1.165) is 202 Å². The summed E-state index contributed by atoms with van der Waals surface area (Å²) in [6.45, 7) is 24.7. The number of fused-ring (bicyclic) bond motifs is 8. The summed E-state index contributed by atoms with van der Waals surface area (Å²) in [4.78, 5) is 71.1. The second-order valence-corrected chi connectivity index (χ2v) is 38.2. The molecule has 5 aliphatic rings. The molecule has 42 heteroatoms. The van der Waals surface area contributed by atoms with Crippen molar-refractivity contribution in [3.8, 4) is 46.0 Å². The Kier molecular flexibility index (Phi) is 29.2. The molecule has 0 aliphatic carbocycles. The predicted octanol–water partition coefficient (Wildman–Crippen LogP) is 13.1. The Balaban J connectivity index is 0.000000131. The van der Waals surface area contributed by atoms with Crippen LogP contribution in [-0.2, 0) is 31.0 Å². The number of aliphatic hydroxyl groups excluding tert-OH is 1. The number of carbonyl (C=O) groups is 1. The molecule has 17 rings (SSSR count). The fraction of sp³-hybridized carbons (Fsp3) is 0.416. The Morgan fingerprint density at radius 2 is 0.773 bits per heavy atom. The quantitative estimate of drug-likeness (QED) is 0.0184. The Morgan fingerprint density at radius 1 is 0.471 bits per heavy atom. The van der Waals surface area contributed by atoms with Gasteiger partial charge in [0.1, 0.15) is 31.4 Å². The summed E-state index contributed by atoms with van der Waals surface area (Å²) in [6, 6.07) is 16.8. The zero-order valence-corrected chi connectivity index (χ0v) is 78.2. The summed E-state index contributed by atoms with van der Waals surface area (Å²) in [5, 5.41) is 23.3. The number of piperidine rings is 1. The number of hydrogen-bond donors (Lipinski definition) is 8. The summed E-state index contributed by atoms with van der Waals surface area (Å²) < 4.78 is 56.7. The van der Waals surface area contributed by atoms with E-state index in [1.54, 1.807) is 51.9 Å². The Bertz CT molecular complexity index is 5490. The van der Waals surface area contributed by atoms with Crippen molar-refractivity contribution < 1.29 is 47.8 Å². The molecule has 0 spiro atoms. The first-order valence-electron chi connectivity index (χ1n) is 38.4. The minimum atomic E-state index is -0.947. The number of anilines is 4. The zero-order chi connectivity index (χ0) is 83.8. The van der Waals surface area contributed by atoms with E-state index in [0.29, 0.717) is 82.1 Å². The lowest BCUT2D eigenvalue weighted by molar-refractivity contribution is -0.140. The molecule has 0 radical (unpaired) electrons. The van der Waals surface area contributed by atoms with E-state index in [9.17, 15) is 9.90 Å². The Hall–Kier alpha value is -7.69. The van der Waals surface area contributed by atoms with Gasteiger partial charge in [-0.1, -0.05) is 74.7 Å². The van der Waals surface area contributed by atoms with Gasteiger partial charge < -0.3 is 105 Å². The SMILES string of the molecule is CC(C)(C)NCCCn1c(Sc2cc3c(cc2[124I])OCO3)nc2c(N)ncnc21.CC(C)NCCCn1c(Sc2cc3c(cc2[124I])OCO3)nc2c(N)ncnc21.CC(C)NCCCn1c(Sc2cc3c(cc2[131I])OCO3)nc2c(N)ncnc21.C[C@H](O)C(=O)N1CCC(CCn2c(Sc3cc4c(cc3[131I])OCO4)nc3c(N)ncnc32)CC1. The number of nitrogens with zero attached hydrogens (tertiary/aromatic N) is 17. The van der Waals surface area contributed by atoms with E-state index in [4.69, 9.17) is 80.8 Å². The van der Waals surface area contributed by atoms with E-state index in [2.05, 4.69) is 213 Å². The highest BCUT2D eigenvalue weighted by Crippen LogP contribution is 2.47.